The van der Waals surface area contributed by atoms with Crippen LogP contribution in [0, 0.1) is 0 Å². The van der Waals surface area contributed by atoms with E-state index in [2.05, 4.69) is 28.8 Å². The van der Waals surface area contributed by atoms with Crippen molar-refractivity contribution in [1.29, 1.82) is 0 Å². The van der Waals surface area contributed by atoms with Crippen LogP contribution in [-0.4, -0.2) is 39.9 Å². The summed E-state index contributed by atoms with van der Waals surface area (Å²) in [5.74, 6) is 1.64. The molecule has 0 fully saturated rings. The summed E-state index contributed by atoms with van der Waals surface area (Å²) >= 11 is 0. The minimum atomic E-state index is 0.598. The summed E-state index contributed by atoms with van der Waals surface area (Å²) in [6, 6.07) is 16.3. The highest BCUT2D eigenvalue weighted by atomic mass is 16.5. The first kappa shape index (κ1) is 22.7. The Bertz CT molecular complexity index is 732. The summed E-state index contributed by atoms with van der Waals surface area (Å²) in [7, 11) is 3.38. The quantitative estimate of drug-likeness (QED) is 0.325. The zero-order valence-electron chi connectivity index (χ0n) is 17.7. The summed E-state index contributed by atoms with van der Waals surface area (Å²) in [5.41, 5.74) is 3.47. The molecular formula is C23H33N3O3. The molecule has 0 atom stereocenters. The van der Waals surface area contributed by atoms with Gasteiger partial charge in [0.25, 0.3) is 0 Å². The van der Waals surface area contributed by atoms with Crippen molar-refractivity contribution < 1.29 is 14.2 Å². The number of aliphatic imine (C=N–C) groups is 1. The first-order valence-electron chi connectivity index (χ1n) is 10.0. The fraction of sp³-hybridized carbons (Fsp3) is 0.435. The van der Waals surface area contributed by atoms with E-state index in [-0.39, 0.29) is 0 Å². The fourth-order valence-corrected chi connectivity index (χ4v) is 2.78. The molecule has 0 saturated carbocycles. The number of rotatable bonds is 12. The molecule has 2 aromatic carbocycles. The number of benzene rings is 2. The van der Waals surface area contributed by atoms with Crippen molar-refractivity contribution in [3.63, 3.8) is 0 Å². The number of nitrogens with zero attached hydrogens (tertiary/aromatic N) is 1. The van der Waals surface area contributed by atoms with Gasteiger partial charge in [0.1, 0.15) is 5.75 Å². The van der Waals surface area contributed by atoms with Gasteiger partial charge < -0.3 is 24.8 Å². The van der Waals surface area contributed by atoms with Crippen LogP contribution in [0.4, 0.5) is 0 Å². The molecule has 0 bridgehead atoms. The van der Waals surface area contributed by atoms with Crippen LogP contribution < -0.4 is 15.4 Å². The number of nitrogens with one attached hydrogen (secondary N) is 2. The van der Waals surface area contributed by atoms with Crippen molar-refractivity contribution in [2.24, 2.45) is 4.99 Å². The molecule has 0 aliphatic rings. The Morgan fingerprint density at radius 1 is 0.966 bits per heavy atom. The summed E-state index contributed by atoms with van der Waals surface area (Å²) in [5, 5.41) is 6.80. The SMILES string of the molecule is CCOCCCNC(=NCc1cccc(COC)c1)NCc1ccc(OC)cc1. The van der Waals surface area contributed by atoms with Crippen molar-refractivity contribution in [1.82, 2.24) is 10.6 Å². The second-order valence-corrected chi connectivity index (χ2v) is 6.60. The van der Waals surface area contributed by atoms with Gasteiger partial charge in [0.15, 0.2) is 5.96 Å². The number of guanidine groups is 1. The highest BCUT2D eigenvalue weighted by molar-refractivity contribution is 5.79. The molecule has 29 heavy (non-hydrogen) atoms. The molecule has 2 rings (SSSR count). The highest BCUT2D eigenvalue weighted by Crippen LogP contribution is 2.11. The molecule has 0 saturated heterocycles. The first-order valence-corrected chi connectivity index (χ1v) is 10.0. The topological polar surface area (TPSA) is 64.1 Å². The van der Waals surface area contributed by atoms with Crippen LogP contribution in [0.15, 0.2) is 53.5 Å². The van der Waals surface area contributed by atoms with Crippen molar-refractivity contribution in [3.05, 3.63) is 65.2 Å². The van der Waals surface area contributed by atoms with Crippen LogP contribution in [0.25, 0.3) is 0 Å². The van der Waals surface area contributed by atoms with Gasteiger partial charge in [-0.2, -0.15) is 0 Å². The number of hydrogen-bond donors (Lipinski definition) is 2. The first-order chi connectivity index (χ1) is 14.2. The maximum Gasteiger partial charge on any atom is 0.191 e. The van der Waals surface area contributed by atoms with E-state index in [0.717, 1.165) is 54.6 Å². The molecule has 6 heteroatoms. The van der Waals surface area contributed by atoms with Gasteiger partial charge in [-0.15, -0.1) is 0 Å². The van der Waals surface area contributed by atoms with E-state index in [1.165, 1.54) is 0 Å². The van der Waals surface area contributed by atoms with E-state index in [0.29, 0.717) is 19.7 Å². The Morgan fingerprint density at radius 3 is 2.48 bits per heavy atom. The van der Waals surface area contributed by atoms with Crippen molar-refractivity contribution in [2.75, 3.05) is 34.0 Å². The third-order valence-electron chi connectivity index (χ3n) is 4.30. The molecular weight excluding hydrogens is 366 g/mol. The van der Waals surface area contributed by atoms with Crippen LogP contribution in [0.2, 0.25) is 0 Å². The molecule has 0 aliphatic heterocycles. The van der Waals surface area contributed by atoms with Gasteiger partial charge in [-0.05, 0) is 42.2 Å². The molecule has 0 spiro atoms. The molecule has 6 nitrogen and oxygen atoms in total. The van der Waals surface area contributed by atoms with Gasteiger partial charge in [0.2, 0.25) is 0 Å². The Morgan fingerprint density at radius 2 is 1.76 bits per heavy atom. The lowest BCUT2D eigenvalue weighted by atomic mass is 10.1. The average Bonchev–Trinajstić information content (AvgIpc) is 2.76. The van der Waals surface area contributed by atoms with Gasteiger partial charge >= 0.3 is 0 Å². The minimum absolute atomic E-state index is 0.598. The highest BCUT2D eigenvalue weighted by Gasteiger charge is 2.02. The zero-order chi connectivity index (χ0) is 20.7. The molecule has 0 unspecified atom stereocenters. The standard InChI is InChI=1S/C23H33N3O3/c1-4-29-14-6-13-24-23(25-16-19-9-11-22(28-3)12-10-19)26-17-20-7-5-8-21(15-20)18-27-2/h5,7-12,15H,4,6,13-14,16-18H2,1-3H3,(H2,24,25,26). The average molecular weight is 400 g/mol. The Kier molecular flexibility index (Phi) is 10.6. The second-order valence-electron chi connectivity index (χ2n) is 6.60. The van der Waals surface area contributed by atoms with Crippen LogP contribution in [0.3, 0.4) is 0 Å². The number of ether oxygens (including phenoxy) is 3. The van der Waals surface area contributed by atoms with E-state index >= 15 is 0 Å². The van der Waals surface area contributed by atoms with Gasteiger partial charge in [-0.3, -0.25) is 0 Å². The van der Waals surface area contributed by atoms with Gasteiger partial charge in [-0.25, -0.2) is 4.99 Å². The Balaban J connectivity index is 1.96. The van der Waals surface area contributed by atoms with Crippen molar-refractivity contribution in [2.45, 2.75) is 33.0 Å². The van der Waals surface area contributed by atoms with Crippen LogP contribution >= 0.6 is 0 Å². The maximum atomic E-state index is 5.41. The number of methoxy groups -OCH3 is 2. The Hall–Kier alpha value is -2.57. The van der Waals surface area contributed by atoms with E-state index in [4.69, 9.17) is 19.2 Å². The molecule has 2 N–H and O–H groups in total. The third-order valence-corrected chi connectivity index (χ3v) is 4.30. The van der Waals surface area contributed by atoms with Crippen molar-refractivity contribution >= 4 is 5.96 Å². The lowest BCUT2D eigenvalue weighted by Gasteiger charge is -2.13. The van der Waals surface area contributed by atoms with Gasteiger partial charge in [0.05, 0.1) is 20.3 Å². The summed E-state index contributed by atoms with van der Waals surface area (Å²) in [4.78, 5) is 4.75. The number of hydrogen-bond acceptors (Lipinski definition) is 4. The predicted molar refractivity (Wildman–Crippen MR) is 117 cm³/mol. The smallest absolute Gasteiger partial charge is 0.191 e. The minimum Gasteiger partial charge on any atom is -0.497 e. The van der Waals surface area contributed by atoms with Crippen molar-refractivity contribution in [3.8, 4) is 5.75 Å². The van der Waals surface area contributed by atoms with E-state index in [1.807, 2.05) is 37.3 Å². The normalized spacial score (nSPS) is 11.3. The largest absolute Gasteiger partial charge is 0.497 e. The van der Waals surface area contributed by atoms with Crippen LogP contribution in [0.1, 0.15) is 30.0 Å². The third kappa shape index (κ3) is 8.98. The molecule has 158 valence electrons. The van der Waals surface area contributed by atoms with E-state index in [1.54, 1.807) is 14.2 Å². The molecule has 0 aliphatic carbocycles. The summed E-state index contributed by atoms with van der Waals surface area (Å²) < 4.78 is 15.8. The molecule has 0 radical (unpaired) electrons. The van der Waals surface area contributed by atoms with Gasteiger partial charge in [0, 0.05) is 33.4 Å². The predicted octanol–water partition coefficient (Wildman–Crippen LogP) is 3.50. The lowest BCUT2D eigenvalue weighted by molar-refractivity contribution is 0.145. The van der Waals surface area contributed by atoms with Crippen LogP contribution in [0.5, 0.6) is 5.75 Å². The summed E-state index contributed by atoms with van der Waals surface area (Å²) in [6.45, 7) is 6.19. The van der Waals surface area contributed by atoms with Gasteiger partial charge in [-0.1, -0.05) is 36.4 Å². The monoisotopic (exact) mass is 399 g/mol. The zero-order valence-corrected chi connectivity index (χ0v) is 17.7. The molecule has 0 heterocycles. The Labute approximate surface area is 174 Å². The van der Waals surface area contributed by atoms with E-state index < -0.39 is 0 Å². The fourth-order valence-electron chi connectivity index (χ4n) is 2.78. The maximum absolute atomic E-state index is 5.41. The molecule has 0 aromatic heterocycles. The second kappa shape index (κ2) is 13.6. The lowest BCUT2D eigenvalue weighted by Crippen LogP contribution is -2.37. The molecule has 2 aromatic rings. The molecule has 0 amide bonds. The summed E-state index contributed by atoms with van der Waals surface area (Å²) in [6.07, 6.45) is 0.931. The van der Waals surface area contributed by atoms with E-state index in [9.17, 15) is 0 Å². The van der Waals surface area contributed by atoms with Crippen LogP contribution in [-0.2, 0) is 29.2 Å².